The smallest absolute Gasteiger partial charge is 0.248 e. The molecule has 0 aliphatic carbocycles. The summed E-state index contributed by atoms with van der Waals surface area (Å²) < 4.78 is 0. The highest BCUT2D eigenvalue weighted by molar-refractivity contribution is 7.99. The van der Waals surface area contributed by atoms with E-state index in [1.54, 1.807) is 18.3 Å². The van der Waals surface area contributed by atoms with Crippen LogP contribution in [0.25, 0.3) is 0 Å². The number of anilines is 2. The Kier molecular flexibility index (Phi) is 3.97. The molecule has 0 unspecified atom stereocenters. The third-order valence-corrected chi connectivity index (χ3v) is 2.66. The number of H-pyrrole nitrogens is 1. The number of hydrogen-bond acceptors (Lipinski definition) is 7. The van der Waals surface area contributed by atoms with Gasteiger partial charge >= 0.3 is 0 Å². The van der Waals surface area contributed by atoms with Crippen LogP contribution in [0.2, 0.25) is 0 Å². The molecule has 0 radical (unpaired) electrons. The summed E-state index contributed by atoms with van der Waals surface area (Å²) in [6.45, 7) is 0. The maximum absolute atomic E-state index is 11.5. The zero-order valence-corrected chi connectivity index (χ0v) is 10.1. The molecule has 94 valence electrons. The third kappa shape index (κ3) is 3.63. The van der Waals surface area contributed by atoms with Crippen molar-refractivity contribution >= 4 is 29.4 Å². The monoisotopic (exact) mass is 265 g/mol. The van der Waals surface area contributed by atoms with Crippen LogP contribution in [-0.2, 0) is 4.79 Å². The van der Waals surface area contributed by atoms with E-state index in [-0.39, 0.29) is 17.6 Å². The van der Waals surface area contributed by atoms with Gasteiger partial charge in [-0.3, -0.25) is 15.6 Å². The second-order valence-corrected chi connectivity index (χ2v) is 4.12. The van der Waals surface area contributed by atoms with Crippen molar-refractivity contribution in [1.82, 2.24) is 25.6 Å². The molecule has 2 heterocycles. The second-order valence-electron chi connectivity index (χ2n) is 3.18. The van der Waals surface area contributed by atoms with Crippen LogP contribution in [0.3, 0.4) is 0 Å². The highest BCUT2D eigenvalue weighted by atomic mass is 32.2. The standard InChI is InChI=1S/C9H11N7OS/c10-8-12-9(16-15-8)18-5-7(17)14-13-6-3-1-2-4-11-6/h1-4H,5H2,(H,11,13)(H,14,17)(H3,10,12,15,16). The van der Waals surface area contributed by atoms with E-state index in [1.165, 1.54) is 11.8 Å². The number of nitrogens with two attached hydrogens (primary N) is 1. The van der Waals surface area contributed by atoms with Gasteiger partial charge in [-0.1, -0.05) is 17.8 Å². The third-order valence-electron chi connectivity index (χ3n) is 1.81. The van der Waals surface area contributed by atoms with Gasteiger partial charge in [-0.05, 0) is 12.1 Å². The van der Waals surface area contributed by atoms with E-state index in [9.17, 15) is 4.79 Å². The van der Waals surface area contributed by atoms with Gasteiger partial charge in [0.2, 0.25) is 17.0 Å². The summed E-state index contributed by atoms with van der Waals surface area (Å²) in [5, 5.41) is 6.71. The van der Waals surface area contributed by atoms with Gasteiger partial charge in [0.1, 0.15) is 5.82 Å². The number of hydrazine groups is 1. The molecule has 0 aromatic carbocycles. The largest absolute Gasteiger partial charge is 0.368 e. The minimum Gasteiger partial charge on any atom is -0.368 e. The Labute approximate surface area is 107 Å². The first kappa shape index (κ1) is 12.2. The fraction of sp³-hybridized carbons (Fsp3) is 0.111. The molecule has 2 rings (SSSR count). The highest BCUT2D eigenvalue weighted by Gasteiger charge is 2.06. The molecule has 0 fully saturated rings. The zero-order valence-electron chi connectivity index (χ0n) is 9.25. The Balaban J connectivity index is 1.73. The van der Waals surface area contributed by atoms with Gasteiger partial charge in [-0.15, -0.1) is 5.10 Å². The fourth-order valence-electron chi connectivity index (χ4n) is 1.06. The molecular formula is C9H11N7OS. The number of rotatable bonds is 5. The average Bonchev–Trinajstić information content (AvgIpc) is 2.81. The summed E-state index contributed by atoms with van der Waals surface area (Å²) in [4.78, 5) is 19.3. The lowest BCUT2D eigenvalue weighted by Crippen LogP contribution is -2.31. The summed E-state index contributed by atoms with van der Waals surface area (Å²) >= 11 is 1.18. The van der Waals surface area contributed by atoms with Crippen LogP contribution in [0.15, 0.2) is 29.6 Å². The van der Waals surface area contributed by atoms with Crippen molar-refractivity contribution < 1.29 is 4.79 Å². The van der Waals surface area contributed by atoms with Gasteiger partial charge in [-0.2, -0.15) is 4.98 Å². The number of carbonyl (C=O) groups is 1. The number of carbonyl (C=O) groups excluding carboxylic acids is 1. The Bertz CT molecular complexity index is 515. The number of hydrogen-bond donors (Lipinski definition) is 4. The topological polar surface area (TPSA) is 122 Å². The number of amides is 1. The van der Waals surface area contributed by atoms with E-state index in [0.29, 0.717) is 11.0 Å². The van der Waals surface area contributed by atoms with Crippen LogP contribution in [0.1, 0.15) is 0 Å². The predicted molar refractivity (Wildman–Crippen MR) is 67.5 cm³/mol. The first-order valence-electron chi connectivity index (χ1n) is 5.00. The van der Waals surface area contributed by atoms with Crippen LogP contribution in [-0.4, -0.2) is 31.8 Å². The number of nitrogens with one attached hydrogen (secondary N) is 3. The number of nitrogen functional groups attached to an aromatic ring is 1. The molecule has 0 aliphatic heterocycles. The molecule has 0 spiro atoms. The summed E-state index contributed by atoms with van der Waals surface area (Å²) in [5.74, 6) is 0.758. The van der Waals surface area contributed by atoms with Crippen LogP contribution in [0.4, 0.5) is 11.8 Å². The van der Waals surface area contributed by atoms with Gasteiger partial charge in [0.15, 0.2) is 0 Å². The maximum Gasteiger partial charge on any atom is 0.248 e. The zero-order chi connectivity index (χ0) is 12.8. The Hall–Kier alpha value is -2.29. The first-order valence-corrected chi connectivity index (χ1v) is 5.99. The number of nitrogens with zero attached hydrogens (tertiary/aromatic N) is 3. The normalized spacial score (nSPS) is 10.0. The molecule has 9 heteroatoms. The molecule has 0 saturated heterocycles. The number of thioether (sulfide) groups is 1. The first-order chi connectivity index (χ1) is 8.74. The van der Waals surface area contributed by atoms with Crippen molar-refractivity contribution in [1.29, 1.82) is 0 Å². The molecule has 2 aromatic heterocycles. The SMILES string of the molecule is Nc1nc(SCC(=O)NNc2ccccn2)n[nH]1. The number of aromatic amines is 1. The van der Waals surface area contributed by atoms with Crippen LogP contribution >= 0.6 is 11.8 Å². The molecule has 1 amide bonds. The lowest BCUT2D eigenvalue weighted by atomic mass is 10.5. The Morgan fingerprint density at radius 3 is 3.06 bits per heavy atom. The molecule has 0 aliphatic rings. The van der Waals surface area contributed by atoms with Crippen molar-refractivity contribution in [3.05, 3.63) is 24.4 Å². The van der Waals surface area contributed by atoms with Crippen LogP contribution in [0.5, 0.6) is 0 Å². The van der Waals surface area contributed by atoms with E-state index in [2.05, 4.69) is 31.0 Å². The van der Waals surface area contributed by atoms with E-state index in [1.807, 2.05) is 6.07 Å². The minimum absolute atomic E-state index is 0.178. The van der Waals surface area contributed by atoms with E-state index < -0.39 is 0 Å². The lowest BCUT2D eigenvalue weighted by Gasteiger charge is -2.05. The Morgan fingerprint density at radius 1 is 1.50 bits per heavy atom. The van der Waals surface area contributed by atoms with E-state index in [4.69, 9.17) is 5.73 Å². The summed E-state index contributed by atoms with van der Waals surface area (Å²) in [6.07, 6.45) is 1.62. The van der Waals surface area contributed by atoms with E-state index in [0.717, 1.165) is 0 Å². The van der Waals surface area contributed by atoms with Gasteiger partial charge < -0.3 is 5.73 Å². The number of pyridine rings is 1. The number of aromatic nitrogens is 4. The van der Waals surface area contributed by atoms with Crippen molar-refractivity contribution in [2.45, 2.75) is 5.16 Å². The van der Waals surface area contributed by atoms with Crippen molar-refractivity contribution in [2.24, 2.45) is 0 Å². The molecule has 2 aromatic rings. The molecule has 0 atom stereocenters. The van der Waals surface area contributed by atoms with Crippen molar-refractivity contribution in [3.63, 3.8) is 0 Å². The molecule has 8 nitrogen and oxygen atoms in total. The molecule has 5 N–H and O–H groups in total. The fourth-order valence-corrected chi connectivity index (χ4v) is 1.66. The molecule has 0 bridgehead atoms. The minimum atomic E-state index is -0.214. The van der Waals surface area contributed by atoms with Gasteiger partial charge in [0.25, 0.3) is 0 Å². The Morgan fingerprint density at radius 2 is 2.39 bits per heavy atom. The quantitative estimate of drug-likeness (QED) is 0.444. The van der Waals surface area contributed by atoms with Gasteiger partial charge in [-0.25, -0.2) is 10.1 Å². The predicted octanol–water partition coefficient (Wildman–Crippen LogP) is 0.0173. The lowest BCUT2D eigenvalue weighted by molar-refractivity contribution is -0.118. The maximum atomic E-state index is 11.5. The summed E-state index contributed by atoms with van der Waals surface area (Å²) in [5.41, 5.74) is 10.6. The summed E-state index contributed by atoms with van der Waals surface area (Å²) in [7, 11) is 0. The van der Waals surface area contributed by atoms with Crippen LogP contribution < -0.4 is 16.6 Å². The molecular weight excluding hydrogens is 254 g/mol. The van der Waals surface area contributed by atoms with Crippen molar-refractivity contribution in [2.75, 3.05) is 16.9 Å². The van der Waals surface area contributed by atoms with E-state index >= 15 is 0 Å². The van der Waals surface area contributed by atoms with Gasteiger partial charge in [0.05, 0.1) is 5.75 Å². The molecule has 0 saturated carbocycles. The van der Waals surface area contributed by atoms with Crippen LogP contribution in [0, 0.1) is 0 Å². The van der Waals surface area contributed by atoms with Crippen molar-refractivity contribution in [3.8, 4) is 0 Å². The highest BCUT2D eigenvalue weighted by Crippen LogP contribution is 2.11. The van der Waals surface area contributed by atoms with Gasteiger partial charge in [0, 0.05) is 6.20 Å². The average molecular weight is 265 g/mol. The second kappa shape index (κ2) is 5.87. The molecule has 18 heavy (non-hydrogen) atoms. The summed E-state index contributed by atoms with van der Waals surface area (Å²) in [6, 6.07) is 5.34.